The van der Waals surface area contributed by atoms with Crippen LogP contribution in [0.15, 0.2) is 72.8 Å². The molecule has 1 aliphatic heterocycles. The van der Waals surface area contributed by atoms with Gasteiger partial charge in [-0.1, -0.05) is 72.9 Å². The van der Waals surface area contributed by atoms with Gasteiger partial charge in [0.15, 0.2) is 0 Å². The fourth-order valence-corrected chi connectivity index (χ4v) is 2.99. The summed E-state index contributed by atoms with van der Waals surface area (Å²) in [5.74, 6) is -3.54. The first-order valence-corrected chi connectivity index (χ1v) is 13.9. The largest absolute Gasteiger partial charge is 0.507 e. The maximum Gasteiger partial charge on any atom is 0.341 e. The molecule has 260 valence electrons. The van der Waals surface area contributed by atoms with E-state index >= 15 is 0 Å². The Morgan fingerprint density at radius 2 is 1.19 bits per heavy atom. The average molecular weight is 743 g/mol. The molecule has 0 bridgehead atoms. The van der Waals surface area contributed by atoms with Crippen LogP contribution in [-0.2, 0) is 14.2 Å². The number of esters is 2. The lowest BCUT2D eigenvalue weighted by molar-refractivity contribution is 0.0587. The second-order valence-corrected chi connectivity index (χ2v) is 8.39. The van der Waals surface area contributed by atoms with Gasteiger partial charge < -0.3 is 33.9 Å². The van der Waals surface area contributed by atoms with Crippen LogP contribution < -0.4 is 9.47 Å². The minimum atomic E-state index is -3.31. The fourth-order valence-electron chi connectivity index (χ4n) is 2.99. The van der Waals surface area contributed by atoms with Crippen molar-refractivity contribution >= 4 is 33.8 Å². The van der Waals surface area contributed by atoms with Gasteiger partial charge in [-0.2, -0.15) is 0 Å². The number of carboxylic acid groups (broad SMARTS) is 1. The monoisotopic (exact) mass is 741 g/mol. The number of halogens is 1. The molecular formula is C36H49BrO10. The van der Waals surface area contributed by atoms with Crippen LogP contribution >= 0.6 is 15.9 Å². The van der Waals surface area contributed by atoms with Crippen LogP contribution in [0.2, 0.25) is 0 Å². The van der Waals surface area contributed by atoms with Crippen LogP contribution in [0, 0.1) is 0 Å². The summed E-state index contributed by atoms with van der Waals surface area (Å²) in [6, 6.07) is 16.7. The molecule has 0 saturated carbocycles. The Bertz CT molecular complexity index is 2060. The highest BCUT2D eigenvalue weighted by molar-refractivity contribution is 9.09. The van der Waals surface area contributed by atoms with Crippen molar-refractivity contribution in [2.75, 3.05) is 45.8 Å². The Balaban J connectivity index is 0.000000879. The summed E-state index contributed by atoms with van der Waals surface area (Å²) in [4.78, 5) is 33.3. The number of alkyl halides is 1. The molecule has 47 heavy (non-hydrogen) atoms. The van der Waals surface area contributed by atoms with Crippen LogP contribution in [0.5, 0.6) is 17.2 Å². The molecule has 0 amide bonds. The minimum Gasteiger partial charge on any atom is -0.507 e. The summed E-state index contributed by atoms with van der Waals surface area (Å²) in [6.45, 7) is -13.9. The lowest BCUT2D eigenvalue weighted by atomic mass is 10.2. The number of benzene rings is 3. The number of hydrogen-bond donors (Lipinski definition) is 2. The quantitative estimate of drug-likeness (QED) is 0.154. The van der Waals surface area contributed by atoms with Crippen molar-refractivity contribution in [2.24, 2.45) is 0 Å². The molecule has 1 fully saturated rings. The number of aromatic hydroxyl groups is 1. The number of rotatable bonds is 10. The third kappa shape index (κ3) is 19.2. The van der Waals surface area contributed by atoms with Gasteiger partial charge in [0.1, 0.15) is 33.9 Å². The van der Waals surface area contributed by atoms with Crippen molar-refractivity contribution in [3.63, 3.8) is 0 Å². The van der Waals surface area contributed by atoms with E-state index in [1.165, 1.54) is 68.5 Å². The van der Waals surface area contributed by atoms with Gasteiger partial charge in [0.05, 0.1) is 32.8 Å². The van der Waals surface area contributed by atoms with Gasteiger partial charge in [-0.05, 0) is 68.4 Å². The molecule has 0 atom stereocenters. The molecule has 0 unspecified atom stereocenters. The molecule has 2 N–H and O–H groups in total. The number of carboxylic acids is 1. The van der Waals surface area contributed by atoms with E-state index in [9.17, 15) is 14.4 Å². The number of para-hydroxylation sites is 3. The van der Waals surface area contributed by atoms with E-state index in [1.807, 2.05) is 0 Å². The lowest BCUT2D eigenvalue weighted by Gasteiger charge is -2.08. The molecule has 10 nitrogen and oxygen atoms in total. The third-order valence-corrected chi connectivity index (χ3v) is 5.22. The van der Waals surface area contributed by atoms with Crippen LogP contribution in [0.25, 0.3) is 0 Å². The minimum absolute atomic E-state index is 0.0562. The van der Waals surface area contributed by atoms with Crippen LogP contribution in [-0.4, -0.2) is 74.0 Å². The van der Waals surface area contributed by atoms with E-state index in [1.54, 1.807) is 12.1 Å². The van der Waals surface area contributed by atoms with Gasteiger partial charge in [-0.3, -0.25) is 0 Å². The Kier molecular flexibility index (Phi) is 11.4. The molecule has 11 heteroatoms. The Morgan fingerprint density at radius 1 is 0.745 bits per heavy atom. The number of phenols is 1. The van der Waals surface area contributed by atoms with Gasteiger partial charge in [-0.25, -0.2) is 14.4 Å². The fraction of sp³-hybridized carbons (Fsp3) is 0.417. The summed E-state index contributed by atoms with van der Waals surface area (Å²) in [5.41, 5.74) is -0.335. The van der Waals surface area contributed by atoms with Crippen LogP contribution in [0.1, 0.15) is 112 Å². The topological polar surface area (TPSA) is 138 Å². The summed E-state index contributed by atoms with van der Waals surface area (Å²) >= 11 is 2.33. The third-order valence-electron chi connectivity index (χ3n) is 5.02. The zero-order valence-electron chi connectivity index (χ0n) is 46.3. The zero-order chi connectivity index (χ0) is 53.5. The zero-order valence-corrected chi connectivity index (χ0v) is 26.9. The van der Waals surface area contributed by atoms with Crippen LogP contribution in [0.3, 0.4) is 0 Å². The maximum atomic E-state index is 11.5. The number of carbonyl (C=O) groups excluding carboxylic acids is 2. The smallest absolute Gasteiger partial charge is 0.341 e. The maximum absolute atomic E-state index is 11.5. The standard InChI is InChI=1S/C11H14O3.C10H12O3.C8H8O3.C4H8O.C3H7Br/c1-3-8-14-10-7-5-4-6-9(10)11(12)13-2;1-2-7-13-9-6-4-3-5-8(9)10(11)12;1-11-8(10)6-4-2-3-5-7(6)9;1-2-4-5-3-1;1-2-3-4/h4-7H,3,8H2,1-2H3;3-6H,2,7H2,1H3,(H,11,12);2-5,9H,1H3;1-4H2;2-3H2,1H3/i1D3,3D2,8D2;1D3,2D2,7D2;;;1D3,2D2,3D2. The number of aromatic carboxylic acids is 1. The van der Waals surface area contributed by atoms with E-state index in [2.05, 4.69) is 25.4 Å². The highest BCUT2D eigenvalue weighted by Gasteiger charge is 2.11. The molecule has 0 radical (unpaired) electrons. The van der Waals surface area contributed by atoms with Crippen molar-refractivity contribution in [3.05, 3.63) is 89.5 Å². The van der Waals surface area contributed by atoms with E-state index < -0.39 is 87.3 Å². The Morgan fingerprint density at radius 3 is 1.60 bits per heavy atom. The SMILES string of the molecule is C1CCOC1.COC(=O)c1ccccc1O.[2H]C([2H])([2H])C([2H])([2H])C([2H])([2H])Br.[2H]C([2H])([2H])C([2H])([2H])C([2H])([2H])Oc1ccccc1C(=O)O.[2H]C([2H])([2H])C([2H])([2H])C([2H])([2H])Oc1ccccc1C(=O)OC. The number of phenolic OH excluding ortho intramolecular Hbond substituents is 1. The highest BCUT2D eigenvalue weighted by Crippen LogP contribution is 2.19. The van der Waals surface area contributed by atoms with Crippen molar-refractivity contribution in [3.8, 4) is 17.2 Å². The first kappa shape index (κ1) is 19.0. The molecule has 1 heterocycles. The molecule has 4 rings (SSSR count). The van der Waals surface area contributed by atoms with Gasteiger partial charge in [0.2, 0.25) is 0 Å². The molecule has 0 aromatic heterocycles. The molecule has 1 aliphatic rings. The van der Waals surface area contributed by atoms with E-state index in [0.717, 1.165) is 32.5 Å². The summed E-state index contributed by atoms with van der Waals surface area (Å²) in [5, 5.41) is 15.5. The average Bonchev–Trinajstić information content (AvgIpc) is 3.80. The first-order chi connectivity index (χ1) is 30.6. The van der Waals surface area contributed by atoms with Crippen molar-refractivity contribution in [2.45, 2.75) is 52.5 Å². The predicted molar refractivity (Wildman–Crippen MR) is 186 cm³/mol. The predicted octanol–water partition coefficient (Wildman–Crippen LogP) is 8.20. The lowest BCUT2D eigenvalue weighted by Crippen LogP contribution is -2.05. The van der Waals surface area contributed by atoms with Gasteiger partial charge >= 0.3 is 17.9 Å². The highest BCUT2D eigenvalue weighted by atomic mass is 79.9. The second-order valence-electron chi connectivity index (χ2n) is 8.00. The van der Waals surface area contributed by atoms with Crippen molar-refractivity contribution in [1.82, 2.24) is 0 Å². The summed E-state index contributed by atoms with van der Waals surface area (Å²) in [7, 11) is 2.39. The second kappa shape index (κ2) is 28.2. The normalized spacial score (nSPS) is 20.1. The number of methoxy groups -OCH3 is 2. The van der Waals surface area contributed by atoms with E-state index in [4.69, 9.17) is 53.2 Å². The van der Waals surface area contributed by atoms with Gasteiger partial charge in [-0.15, -0.1) is 0 Å². The van der Waals surface area contributed by atoms with Crippen molar-refractivity contribution in [1.29, 1.82) is 0 Å². The first-order valence-electron chi connectivity index (χ1n) is 23.6. The molecule has 3 aromatic rings. The van der Waals surface area contributed by atoms with E-state index in [-0.39, 0.29) is 22.6 Å². The number of hydrogen-bond acceptors (Lipinski definition) is 9. The Hall–Kier alpha value is -4.09. The summed E-state index contributed by atoms with van der Waals surface area (Å²) < 4.78 is 173. The number of carbonyl (C=O) groups is 3. The van der Waals surface area contributed by atoms with Crippen LogP contribution in [0.4, 0.5) is 0 Å². The van der Waals surface area contributed by atoms with E-state index in [0.29, 0.717) is 0 Å². The molecular weight excluding hydrogens is 672 g/mol. The molecule has 1 saturated heterocycles. The Labute approximate surface area is 316 Å². The van der Waals surface area contributed by atoms with Gasteiger partial charge in [0, 0.05) is 41.8 Å². The molecule has 0 spiro atoms. The number of ether oxygens (including phenoxy) is 5. The van der Waals surface area contributed by atoms with Crippen molar-refractivity contribution < 1.29 is 77.1 Å². The summed E-state index contributed by atoms with van der Waals surface area (Å²) in [6.07, 6.45) is -6.91. The molecule has 0 aliphatic carbocycles. The van der Waals surface area contributed by atoms with Gasteiger partial charge in [0.25, 0.3) is 0 Å². The molecule has 3 aromatic carbocycles.